The molecule has 3 rings (SSSR count). The second kappa shape index (κ2) is 9.23. The predicted octanol–water partition coefficient (Wildman–Crippen LogP) is 4.61. The van der Waals surface area contributed by atoms with Crippen LogP contribution in [0.2, 0.25) is 10.0 Å². The third kappa shape index (κ3) is 5.03. The minimum Gasteiger partial charge on any atom is -0.381 e. The molecule has 1 saturated heterocycles. The van der Waals surface area contributed by atoms with Crippen LogP contribution in [0.3, 0.4) is 0 Å². The van der Waals surface area contributed by atoms with E-state index in [9.17, 15) is 9.18 Å². The molecule has 1 aliphatic heterocycles. The van der Waals surface area contributed by atoms with Crippen molar-refractivity contribution in [3.05, 3.63) is 69.5 Å². The molecule has 2 aromatic rings. The van der Waals surface area contributed by atoms with Gasteiger partial charge in [0, 0.05) is 28.8 Å². The van der Waals surface area contributed by atoms with Crippen molar-refractivity contribution in [2.75, 3.05) is 19.8 Å². The molecule has 4 nitrogen and oxygen atoms in total. The fourth-order valence-electron chi connectivity index (χ4n) is 3.53. The Morgan fingerprint density at radius 1 is 1.18 bits per heavy atom. The van der Waals surface area contributed by atoms with Crippen LogP contribution in [0.15, 0.2) is 42.5 Å². The quantitative estimate of drug-likeness (QED) is 0.711. The highest BCUT2D eigenvalue weighted by Crippen LogP contribution is 2.32. The number of amides is 1. The number of carbonyl (C=O) groups is 1. The number of halogens is 3. The van der Waals surface area contributed by atoms with Crippen LogP contribution >= 0.6 is 23.2 Å². The number of rotatable bonds is 6. The normalized spacial score (nSPS) is 17.1. The van der Waals surface area contributed by atoms with Gasteiger partial charge in [-0.25, -0.2) is 4.39 Å². The topological polar surface area (TPSA) is 50.4 Å². The molecule has 1 heterocycles. The molecule has 28 heavy (non-hydrogen) atoms. The second-order valence-electron chi connectivity index (χ2n) is 7.01. The summed E-state index contributed by atoms with van der Waals surface area (Å²) in [6.45, 7) is 3.18. The lowest BCUT2D eigenvalue weighted by molar-refractivity contribution is -0.121. The molecule has 2 N–H and O–H groups in total. The third-order valence-electron chi connectivity index (χ3n) is 5.14. The molecule has 7 heteroatoms. The average Bonchev–Trinajstić information content (AvgIpc) is 2.67. The number of ether oxygens (including phenoxy) is 1. The Balaban J connectivity index is 1.66. The van der Waals surface area contributed by atoms with Gasteiger partial charge in [-0.3, -0.25) is 10.1 Å². The predicted molar refractivity (Wildman–Crippen MR) is 109 cm³/mol. The number of hydrogen-bond donors (Lipinski definition) is 2. The van der Waals surface area contributed by atoms with Crippen molar-refractivity contribution < 1.29 is 13.9 Å². The molecule has 2 aromatic carbocycles. The smallest absolute Gasteiger partial charge is 0.234 e. The van der Waals surface area contributed by atoms with Crippen molar-refractivity contribution in [3.8, 4) is 0 Å². The number of hydrogen-bond acceptors (Lipinski definition) is 3. The molecule has 1 amide bonds. The maximum atomic E-state index is 13.3. The fourth-order valence-corrected chi connectivity index (χ4v) is 4.10. The highest BCUT2D eigenvalue weighted by Gasteiger charge is 2.34. The Morgan fingerprint density at radius 2 is 1.86 bits per heavy atom. The van der Waals surface area contributed by atoms with Gasteiger partial charge in [0.1, 0.15) is 5.82 Å². The zero-order valence-electron chi connectivity index (χ0n) is 15.6. The van der Waals surface area contributed by atoms with Gasteiger partial charge in [0.25, 0.3) is 0 Å². The summed E-state index contributed by atoms with van der Waals surface area (Å²) in [5.74, 6) is -0.427. The van der Waals surface area contributed by atoms with E-state index >= 15 is 0 Å². The standard InChI is InChI=1S/C21H23Cl2FN2O2/c1-14(18-7-4-16(22)12-19(18)23)26-20(27)13-25-21(8-10-28-11-9-21)15-2-5-17(24)6-3-15/h2-7,12,14,25H,8-11,13H2,1H3,(H,26,27). The molecule has 0 aromatic heterocycles. The average molecular weight is 425 g/mol. The van der Waals surface area contributed by atoms with E-state index < -0.39 is 5.54 Å². The molecule has 1 fully saturated rings. The Kier molecular flexibility index (Phi) is 6.94. The first-order valence-electron chi connectivity index (χ1n) is 9.23. The second-order valence-corrected chi connectivity index (χ2v) is 7.85. The van der Waals surface area contributed by atoms with Crippen LogP contribution in [0.1, 0.15) is 36.9 Å². The highest BCUT2D eigenvalue weighted by molar-refractivity contribution is 6.35. The molecule has 1 atom stereocenters. The van der Waals surface area contributed by atoms with E-state index in [1.807, 2.05) is 13.0 Å². The lowest BCUT2D eigenvalue weighted by atomic mass is 9.82. The summed E-state index contributed by atoms with van der Waals surface area (Å²) in [7, 11) is 0. The number of nitrogens with one attached hydrogen (secondary N) is 2. The van der Waals surface area contributed by atoms with Crippen LogP contribution in [-0.4, -0.2) is 25.7 Å². The minimum atomic E-state index is -0.412. The Hall–Kier alpha value is -1.66. The lowest BCUT2D eigenvalue weighted by Gasteiger charge is -2.38. The minimum absolute atomic E-state index is 0.132. The Morgan fingerprint density at radius 3 is 2.50 bits per heavy atom. The van der Waals surface area contributed by atoms with E-state index in [2.05, 4.69) is 10.6 Å². The van der Waals surface area contributed by atoms with Crippen molar-refractivity contribution in [3.63, 3.8) is 0 Å². The first-order valence-corrected chi connectivity index (χ1v) is 9.98. The SMILES string of the molecule is CC(NC(=O)CNC1(c2ccc(F)cc2)CCOCC1)c1ccc(Cl)cc1Cl. The summed E-state index contributed by atoms with van der Waals surface area (Å²) in [4.78, 5) is 12.5. The molecular weight excluding hydrogens is 402 g/mol. The van der Waals surface area contributed by atoms with Gasteiger partial charge < -0.3 is 10.1 Å². The summed E-state index contributed by atoms with van der Waals surface area (Å²) in [5.41, 5.74) is 1.35. The van der Waals surface area contributed by atoms with Gasteiger partial charge in [-0.15, -0.1) is 0 Å². The van der Waals surface area contributed by atoms with Crippen LogP contribution in [0.4, 0.5) is 4.39 Å². The van der Waals surface area contributed by atoms with E-state index in [0.717, 1.165) is 11.1 Å². The molecule has 0 spiro atoms. The Labute approximate surface area is 174 Å². The highest BCUT2D eigenvalue weighted by atomic mass is 35.5. The molecule has 0 aliphatic carbocycles. The van der Waals surface area contributed by atoms with Gasteiger partial charge in [-0.2, -0.15) is 0 Å². The van der Waals surface area contributed by atoms with Gasteiger partial charge in [0.05, 0.1) is 12.6 Å². The molecule has 1 unspecified atom stereocenters. The zero-order chi connectivity index (χ0) is 20.1. The molecule has 0 bridgehead atoms. The molecule has 150 valence electrons. The van der Waals surface area contributed by atoms with Gasteiger partial charge in [0.15, 0.2) is 0 Å². The summed E-state index contributed by atoms with van der Waals surface area (Å²) >= 11 is 12.2. The van der Waals surface area contributed by atoms with Gasteiger partial charge in [-0.1, -0.05) is 41.4 Å². The molecule has 0 radical (unpaired) electrons. The van der Waals surface area contributed by atoms with Crippen molar-refractivity contribution in [1.82, 2.24) is 10.6 Å². The van der Waals surface area contributed by atoms with Crippen LogP contribution in [0.5, 0.6) is 0 Å². The Bertz CT molecular complexity index is 824. The summed E-state index contributed by atoms with van der Waals surface area (Å²) in [5, 5.41) is 7.40. The van der Waals surface area contributed by atoms with Crippen LogP contribution < -0.4 is 10.6 Å². The third-order valence-corrected chi connectivity index (χ3v) is 5.70. The van der Waals surface area contributed by atoms with E-state index in [1.165, 1.54) is 12.1 Å². The largest absolute Gasteiger partial charge is 0.381 e. The first kappa shape index (κ1) is 21.1. The monoisotopic (exact) mass is 424 g/mol. The van der Waals surface area contributed by atoms with Crippen LogP contribution in [-0.2, 0) is 15.1 Å². The van der Waals surface area contributed by atoms with Crippen molar-refractivity contribution >= 4 is 29.1 Å². The van der Waals surface area contributed by atoms with Crippen molar-refractivity contribution in [1.29, 1.82) is 0 Å². The lowest BCUT2D eigenvalue weighted by Crippen LogP contribution is -2.50. The van der Waals surface area contributed by atoms with Crippen molar-refractivity contribution in [2.24, 2.45) is 0 Å². The number of carbonyl (C=O) groups excluding carboxylic acids is 1. The van der Waals surface area contributed by atoms with E-state index in [1.54, 1.807) is 24.3 Å². The molecule has 0 saturated carbocycles. The van der Waals surface area contributed by atoms with Crippen LogP contribution in [0.25, 0.3) is 0 Å². The van der Waals surface area contributed by atoms with Gasteiger partial charge in [-0.05, 0) is 55.2 Å². The van der Waals surface area contributed by atoms with Gasteiger partial charge in [0.2, 0.25) is 5.91 Å². The number of benzene rings is 2. The maximum Gasteiger partial charge on any atom is 0.234 e. The van der Waals surface area contributed by atoms with Crippen LogP contribution in [0, 0.1) is 5.82 Å². The zero-order valence-corrected chi connectivity index (χ0v) is 17.1. The first-order chi connectivity index (χ1) is 13.4. The summed E-state index contributed by atoms with van der Waals surface area (Å²) in [6.07, 6.45) is 1.43. The van der Waals surface area contributed by atoms with E-state index in [-0.39, 0.29) is 24.3 Å². The molecule has 1 aliphatic rings. The van der Waals surface area contributed by atoms with E-state index in [0.29, 0.717) is 36.1 Å². The maximum absolute atomic E-state index is 13.3. The van der Waals surface area contributed by atoms with Gasteiger partial charge >= 0.3 is 0 Å². The summed E-state index contributed by atoms with van der Waals surface area (Å²) in [6, 6.07) is 11.4. The fraction of sp³-hybridized carbons (Fsp3) is 0.381. The summed E-state index contributed by atoms with van der Waals surface area (Å²) < 4.78 is 18.8. The van der Waals surface area contributed by atoms with E-state index in [4.69, 9.17) is 27.9 Å². The van der Waals surface area contributed by atoms with Crippen molar-refractivity contribution in [2.45, 2.75) is 31.3 Å². The molecular formula is C21H23Cl2FN2O2.